The average molecular weight is 436 g/mol. The largest absolute Gasteiger partial charge is 0.394 e. The zero-order valence-corrected chi connectivity index (χ0v) is 17.5. The number of nitrogens with zero attached hydrogens (tertiary/aromatic N) is 2. The van der Waals surface area contributed by atoms with E-state index in [1.165, 1.54) is 0 Å². The van der Waals surface area contributed by atoms with Gasteiger partial charge in [0.2, 0.25) is 0 Å². The first kappa shape index (κ1) is 21.6. The molecule has 0 saturated carbocycles. The molecule has 1 aliphatic rings. The molecule has 29 heavy (non-hydrogen) atoms. The van der Waals surface area contributed by atoms with Crippen molar-refractivity contribution in [2.45, 2.75) is 25.9 Å². The molecule has 8 heteroatoms. The lowest BCUT2D eigenvalue weighted by atomic mass is 10.0. The molecule has 0 fully saturated rings. The maximum absolute atomic E-state index is 12.5. The van der Waals surface area contributed by atoms with Gasteiger partial charge in [0, 0.05) is 36.4 Å². The van der Waals surface area contributed by atoms with Crippen molar-refractivity contribution in [2.75, 3.05) is 25.0 Å². The van der Waals surface area contributed by atoms with Gasteiger partial charge >= 0.3 is 6.03 Å². The van der Waals surface area contributed by atoms with E-state index in [1.54, 1.807) is 23.2 Å². The molecule has 3 N–H and O–H groups in total. The van der Waals surface area contributed by atoms with E-state index in [9.17, 15) is 9.90 Å². The van der Waals surface area contributed by atoms with Crippen LogP contribution >= 0.6 is 23.2 Å². The number of benzene rings is 1. The second-order valence-electron chi connectivity index (χ2n) is 7.03. The van der Waals surface area contributed by atoms with Crippen LogP contribution in [0.25, 0.3) is 5.57 Å². The third-order valence-corrected chi connectivity index (χ3v) is 5.50. The summed E-state index contributed by atoms with van der Waals surface area (Å²) in [5, 5.41) is 22.5. The number of nitrogens with one attached hydrogen (secondary N) is 1. The molecule has 0 radical (unpaired) electrons. The molecule has 1 atom stereocenters. The van der Waals surface area contributed by atoms with Gasteiger partial charge in [-0.2, -0.15) is 0 Å². The molecule has 2 heterocycles. The second-order valence-corrected chi connectivity index (χ2v) is 7.85. The van der Waals surface area contributed by atoms with E-state index in [0.29, 0.717) is 47.4 Å². The molecule has 2 amide bonds. The number of halogens is 2. The molecule has 0 bridgehead atoms. The number of aliphatic hydroxyl groups excluding tert-OH is 2. The summed E-state index contributed by atoms with van der Waals surface area (Å²) in [6, 6.07) is 6.99. The smallest absolute Gasteiger partial charge is 0.322 e. The molecule has 1 aromatic carbocycles. The first-order chi connectivity index (χ1) is 13.9. The Hall–Kier alpha value is -2.12. The second kappa shape index (κ2) is 9.59. The van der Waals surface area contributed by atoms with Crippen LogP contribution in [-0.2, 0) is 6.42 Å². The van der Waals surface area contributed by atoms with Crippen LogP contribution in [0.5, 0.6) is 0 Å². The fraction of sp³-hybridized carbons (Fsp3) is 0.333. The average Bonchev–Trinajstić information content (AvgIpc) is 2.71. The number of hydrogen-bond acceptors (Lipinski definition) is 4. The van der Waals surface area contributed by atoms with Crippen LogP contribution in [0.15, 0.2) is 36.5 Å². The molecule has 6 nitrogen and oxygen atoms in total. The molecule has 1 aliphatic heterocycles. The van der Waals surface area contributed by atoms with Gasteiger partial charge in [-0.25, -0.2) is 4.79 Å². The van der Waals surface area contributed by atoms with Gasteiger partial charge in [0.15, 0.2) is 0 Å². The van der Waals surface area contributed by atoms with Crippen molar-refractivity contribution in [3.05, 3.63) is 63.4 Å². The van der Waals surface area contributed by atoms with Crippen molar-refractivity contribution in [3.63, 3.8) is 0 Å². The van der Waals surface area contributed by atoms with Gasteiger partial charge in [-0.1, -0.05) is 35.3 Å². The first-order valence-electron chi connectivity index (χ1n) is 9.32. The van der Waals surface area contributed by atoms with E-state index < -0.39 is 6.10 Å². The number of anilines is 1. The minimum Gasteiger partial charge on any atom is -0.394 e. The normalized spacial score (nSPS) is 15.1. The van der Waals surface area contributed by atoms with Gasteiger partial charge < -0.3 is 20.4 Å². The molecular weight excluding hydrogens is 413 g/mol. The van der Waals surface area contributed by atoms with Crippen molar-refractivity contribution >= 4 is 40.5 Å². The summed E-state index contributed by atoms with van der Waals surface area (Å²) < 4.78 is 0. The summed E-state index contributed by atoms with van der Waals surface area (Å²) in [6.45, 7) is 2.59. The summed E-state index contributed by atoms with van der Waals surface area (Å²) in [4.78, 5) is 18.6. The molecule has 0 spiro atoms. The van der Waals surface area contributed by atoms with Crippen LogP contribution in [0.4, 0.5) is 10.5 Å². The van der Waals surface area contributed by atoms with Crippen molar-refractivity contribution < 1.29 is 15.0 Å². The molecule has 154 valence electrons. The number of carbonyl (C=O) groups is 1. The fourth-order valence-corrected chi connectivity index (χ4v) is 3.59. The Kier molecular flexibility index (Phi) is 7.14. The number of aromatic nitrogens is 1. The minimum atomic E-state index is -0.830. The fourth-order valence-electron chi connectivity index (χ4n) is 3.10. The Morgan fingerprint density at radius 2 is 2.10 bits per heavy atom. The number of hydrogen-bond donors (Lipinski definition) is 3. The number of carbonyl (C=O) groups excluding carboxylic acids is 1. The molecule has 1 aromatic heterocycles. The summed E-state index contributed by atoms with van der Waals surface area (Å²) in [6.07, 6.45) is 3.69. The van der Waals surface area contributed by atoms with E-state index in [-0.39, 0.29) is 12.6 Å². The molecule has 2 aromatic rings. The number of rotatable bonds is 5. The van der Waals surface area contributed by atoms with Crippen LogP contribution in [0.1, 0.15) is 23.2 Å². The number of urea groups is 1. The predicted molar refractivity (Wildman–Crippen MR) is 115 cm³/mol. The number of amides is 2. The van der Waals surface area contributed by atoms with E-state index in [1.807, 2.05) is 25.1 Å². The number of aliphatic hydroxyl groups is 2. The molecule has 0 unspecified atom stereocenters. The van der Waals surface area contributed by atoms with Crippen LogP contribution in [0, 0.1) is 6.92 Å². The molecule has 0 aliphatic carbocycles. The van der Waals surface area contributed by atoms with Crippen LogP contribution < -0.4 is 5.32 Å². The summed E-state index contributed by atoms with van der Waals surface area (Å²) in [5.74, 6) is 0. The highest BCUT2D eigenvalue weighted by atomic mass is 35.5. The van der Waals surface area contributed by atoms with E-state index in [0.717, 1.165) is 16.7 Å². The number of aryl methyl sites for hydroxylation is 1. The van der Waals surface area contributed by atoms with Gasteiger partial charge in [0.1, 0.15) is 0 Å². The summed E-state index contributed by atoms with van der Waals surface area (Å²) in [7, 11) is 0. The Morgan fingerprint density at radius 1 is 1.31 bits per heavy atom. The molecule has 0 saturated heterocycles. The first-order valence-corrected chi connectivity index (χ1v) is 10.1. The minimum absolute atomic E-state index is 0.187. The van der Waals surface area contributed by atoms with Crippen molar-refractivity contribution in [1.29, 1.82) is 0 Å². The maximum Gasteiger partial charge on any atom is 0.322 e. The lowest BCUT2D eigenvalue weighted by Gasteiger charge is -2.27. The van der Waals surface area contributed by atoms with Gasteiger partial charge in [0.25, 0.3) is 0 Å². The highest BCUT2D eigenvalue weighted by Gasteiger charge is 2.20. The summed E-state index contributed by atoms with van der Waals surface area (Å²) in [5.41, 5.74) is 4.03. The Labute approximate surface area is 179 Å². The van der Waals surface area contributed by atoms with Crippen molar-refractivity contribution in [3.8, 4) is 0 Å². The lowest BCUT2D eigenvalue weighted by molar-refractivity contribution is 0.0954. The Morgan fingerprint density at radius 3 is 2.72 bits per heavy atom. The predicted octanol–water partition coefficient (Wildman–Crippen LogP) is 3.91. The number of pyridine rings is 1. The van der Waals surface area contributed by atoms with Crippen LogP contribution in [0.3, 0.4) is 0 Å². The molecule has 3 rings (SSSR count). The van der Waals surface area contributed by atoms with Crippen LogP contribution in [0.2, 0.25) is 10.0 Å². The van der Waals surface area contributed by atoms with Gasteiger partial charge in [-0.3, -0.25) is 4.98 Å². The zero-order chi connectivity index (χ0) is 21.0. The summed E-state index contributed by atoms with van der Waals surface area (Å²) >= 11 is 12.5. The highest BCUT2D eigenvalue weighted by molar-refractivity contribution is 6.32. The van der Waals surface area contributed by atoms with E-state index in [4.69, 9.17) is 28.3 Å². The Balaban J connectivity index is 1.64. The monoisotopic (exact) mass is 435 g/mol. The molecular formula is C21H23Cl2N3O3. The Bertz CT molecular complexity index is 933. The highest BCUT2D eigenvalue weighted by Crippen LogP contribution is 2.28. The maximum atomic E-state index is 12.5. The van der Waals surface area contributed by atoms with Gasteiger partial charge in [0.05, 0.1) is 23.4 Å². The van der Waals surface area contributed by atoms with Crippen molar-refractivity contribution in [2.24, 2.45) is 0 Å². The zero-order valence-electron chi connectivity index (χ0n) is 16.0. The lowest BCUT2D eigenvalue weighted by Crippen LogP contribution is -2.38. The topological polar surface area (TPSA) is 85.7 Å². The van der Waals surface area contributed by atoms with Gasteiger partial charge in [-0.05, 0) is 48.2 Å². The third-order valence-electron chi connectivity index (χ3n) is 4.80. The SMILES string of the molecule is Cc1ccc(NC(=O)N2CC=C(c3ncc(C[C@H](O)CO)cc3Cl)CC2)cc1Cl. The van der Waals surface area contributed by atoms with Gasteiger partial charge in [-0.15, -0.1) is 0 Å². The van der Waals surface area contributed by atoms with E-state index in [2.05, 4.69) is 10.3 Å². The third kappa shape index (κ3) is 5.48. The van der Waals surface area contributed by atoms with E-state index >= 15 is 0 Å². The van der Waals surface area contributed by atoms with Crippen molar-refractivity contribution in [1.82, 2.24) is 9.88 Å². The standard InChI is InChI=1S/C21H23Cl2N3O3/c1-13-2-3-16(10-18(13)22)25-21(29)26-6-4-15(5-7-26)20-19(23)9-14(11-24-20)8-17(28)12-27/h2-4,9-11,17,27-28H,5-8,12H2,1H3,(H,25,29)/t17-/m0/s1. The quantitative estimate of drug-likeness (QED) is 0.664. The van der Waals surface area contributed by atoms with Crippen LogP contribution in [-0.4, -0.2) is 51.9 Å².